The molecule has 2 amide bonds. The third-order valence-electron chi connectivity index (χ3n) is 6.23. The zero-order valence-corrected chi connectivity index (χ0v) is 25.9. The van der Waals surface area contributed by atoms with Crippen molar-refractivity contribution in [3.05, 3.63) is 24.1 Å². The van der Waals surface area contributed by atoms with E-state index < -0.39 is 29.8 Å². The summed E-state index contributed by atoms with van der Waals surface area (Å²) in [5.74, 6) is -0.0703. The van der Waals surface area contributed by atoms with Gasteiger partial charge in [0.1, 0.15) is 17.8 Å². The van der Waals surface area contributed by atoms with E-state index >= 15 is 0 Å². The molecule has 4 N–H and O–H groups in total. The SMILES string of the molecule is CC(C)C(=O)OC(C)(C)C.O=C1NCC(c2nc(-c3sc4c(NC5CCNCC5F)cccc4c3SC(F)(F)F)no2)N1. The predicted octanol–water partition coefficient (Wildman–Crippen LogP) is 6.01. The fourth-order valence-electron chi connectivity index (χ4n) is 4.25. The number of aromatic nitrogens is 2. The lowest BCUT2D eigenvalue weighted by Crippen LogP contribution is -2.45. The Balaban J connectivity index is 0.000000365. The van der Waals surface area contributed by atoms with E-state index in [9.17, 15) is 27.2 Å². The number of fused-ring (bicyclic) bond motifs is 1. The fraction of sp³-hybridized carbons (Fsp3) is 0.556. The fourth-order valence-corrected chi connectivity index (χ4v) is 6.36. The van der Waals surface area contributed by atoms with Crippen molar-refractivity contribution in [2.24, 2.45) is 5.92 Å². The molecule has 3 aromatic rings. The molecule has 1 aromatic carbocycles. The van der Waals surface area contributed by atoms with Crippen molar-refractivity contribution in [1.82, 2.24) is 26.1 Å². The van der Waals surface area contributed by atoms with E-state index in [0.29, 0.717) is 28.7 Å². The van der Waals surface area contributed by atoms with Crippen LogP contribution in [-0.4, -0.2) is 65.1 Å². The van der Waals surface area contributed by atoms with Gasteiger partial charge < -0.3 is 30.5 Å². The van der Waals surface area contributed by atoms with Gasteiger partial charge >= 0.3 is 17.5 Å². The van der Waals surface area contributed by atoms with Gasteiger partial charge in [-0.05, 0) is 51.6 Å². The van der Waals surface area contributed by atoms with E-state index in [0.717, 1.165) is 11.3 Å². The molecule has 43 heavy (non-hydrogen) atoms. The Morgan fingerprint density at radius 2 is 1.98 bits per heavy atom. The molecule has 2 aliphatic rings. The Kier molecular flexibility index (Phi) is 10.1. The number of rotatable bonds is 6. The van der Waals surface area contributed by atoms with Crippen LogP contribution in [0.15, 0.2) is 27.6 Å². The van der Waals surface area contributed by atoms with Crippen LogP contribution >= 0.6 is 23.1 Å². The number of esters is 1. The van der Waals surface area contributed by atoms with Crippen molar-refractivity contribution in [3.8, 4) is 10.7 Å². The minimum absolute atomic E-state index is 0.00437. The van der Waals surface area contributed by atoms with Crippen molar-refractivity contribution >= 4 is 50.9 Å². The Labute approximate surface area is 254 Å². The standard InChI is InChI=1S/C19H18F4N6O2S2.C8H16O2/c20-9-6-24-5-4-10(9)26-11-3-1-2-8-13(11)32-15(14(8)33-19(21,22)23)16-28-17(31-29-16)12-7-25-18(30)27-12;1-6(2)7(9)10-8(3,4)5/h1-3,9-10,12,24,26H,4-7H2,(H2,25,27,30);6H,1-5H3. The number of amides is 2. The molecule has 0 spiro atoms. The topological polar surface area (TPSA) is 130 Å². The highest BCUT2D eigenvalue weighted by atomic mass is 32.2. The molecule has 2 fully saturated rings. The highest BCUT2D eigenvalue weighted by Crippen LogP contribution is 2.50. The molecule has 4 heterocycles. The third kappa shape index (κ3) is 8.72. The monoisotopic (exact) mass is 646 g/mol. The summed E-state index contributed by atoms with van der Waals surface area (Å²) in [5.41, 5.74) is -4.33. The maximum absolute atomic E-state index is 14.3. The number of nitrogens with zero attached hydrogens (tertiary/aromatic N) is 2. The summed E-state index contributed by atoms with van der Waals surface area (Å²) in [6, 6.07) is 3.54. The summed E-state index contributed by atoms with van der Waals surface area (Å²) in [4.78, 5) is 26.7. The first-order valence-corrected chi connectivity index (χ1v) is 15.3. The minimum Gasteiger partial charge on any atom is -0.460 e. The zero-order chi connectivity index (χ0) is 31.5. The average Bonchev–Trinajstić information content (AvgIpc) is 3.63. The van der Waals surface area contributed by atoms with Crippen molar-refractivity contribution in [1.29, 1.82) is 0 Å². The molecular weight excluding hydrogens is 612 g/mol. The number of alkyl halides is 4. The van der Waals surface area contributed by atoms with Crippen molar-refractivity contribution in [3.63, 3.8) is 0 Å². The smallest absolute Gasteiger partial charge is 0.446 e. The summed E-state index contributed by atoms with van der Waals surface area (Å²) in [6.45, 7) is 10.4. The van der Waals surface area contributed by atoms with E-state index in [2.05, 4.69) is 31.4 Å². The molecule has 2 saturated heterocycles. The number of benzene rings is 1. The quantitative estimate of drug-likeness (QED) is 0.144. The highest BCUT2D eigenvalue weighted by Gasteiger charge is 2.35. The Hall–Kier alpha value is -3.11. The van der Waals surface area contributed by atoms with Gasteiger partial charge in [0.2, 0.25) is 5.82 Å². The van der Waals surface area contributed by atoms with Gasteiger partial charge in [0, 0.05) is 23.4 Å². The molecule has 10 nitrogen and oxygen atoms in total. The number of nitrogens with one attached hydrogen (secondary N) is 4. The molecule has 16 heteroatoms. The van der Waals surface area contributed by atoms with Gasteiger partial charge in [0.15, 0.2) is 0 Å². The molecular formula is C27H34F4N6O4S2. The lowest BCUT2D eigenvalue weighted by Gasteiger charge is -2.28. The first-order valence-electron chi connectivity index (χ1n) is 13.6. The number of carbonyl (C=O) groups is 2. The van der Waals surface area contributed by atoms with Gasteiger partial charge in [-0.3, -0.25) is 4.79 Å². The van der Waals surface area contributed by atoms with Gasteiger partial charge in [-0.2, -0.15) is 18.2 Å². The largest absolute Gasteiger partial charge is 0.460 e. The lowest BCUT2D eigenvalue weighted by atomic mass is 10.0. The molecule has 3 atom stereocenters. The second kappa shape index (κ2) is 13.3. The number of halogens is 4. The van der Waals surface area contributed by atoms with Crippen molar-refractivity contribution in [2.45, 2.75) is 75.3 Å². The maximum Gasteiger partial charge on any atom is 0.446 e. The van der Waals surface area contributed by atoms with Crippen molar-refractivity contribution in [2.75, 3.05) is 25.0 Å². The van der Waals surface area contributed by atoms with Crippen LogP contribution in [0.5, 0.6) is 0 Å². The average molecular weight is 647 g/mol. The highest BCUT2D eigenvalue weighted by molar-refractivity contribution is 8.00. The number of hydrogen-bond acceptors (Lipinski definition) is 10. The number of anilines is 1. The Morgan fingerprint density at radius 1 is 1.23 bits per heavy atom. The van der Waals surface area contributed by atoms with E-state index in [1.165, 1.54) is 0 Å². The molecule has 0 saturated carbocycles. The summed E-state index contributed by atoms with van der Waals surface area (Å²) in [6.07, 6.45) is -0.567. The Bertz CT molecular complexity index is 1440. The van der Waals surface area contributed by atoms with Gasteiger partial charge in [-0.1, -0.05) is 31.1 Å². The van der Waals surface area contributed by atoms with Crippen LogP contribution < -0.4 is 21.3 Å². The van der Waals surface area contributed by atoms with Crippen LogP contribution in [-0.2, 0) is 9.53 Å². The van der Waals surface area contributed by atoms with E-state index in [-0.39, 0.29) is 63.8 Å². The number of urea groups is 1. The molecule has 0 radical (unpaired) electrons. The number of piperidine rings is 1. The normalized spacial score (nSPS) is 20.8. The lowest BCUT2D eigenvalue weighted by molar-refractivity contribution is -0.158. The minimum atomic E-state index is -4.54. The van der Waals surface area contributed by atoms with E-state index in [1.54, 1.807) is 18.2 Å². The first kappa shape index (κ1) is 32.8. The molecule has 2 aromatic heterocycles. The number of ether oxygens (including phenoxy) is 1. The molecule has 2 aliphatic heterocycles. The summed E-state index contributed by atoms with van der Waals surface area (Å²) in [7, 11) is 0. The van der Waals surface area contributed by atoms with Gasteiger partial charge in [0.25, 0.3) is 5.89 Å². The van der Waals surface area contributed by atoms with Crippen LogP contribution in [0.2, 0.25) is 0 Å². The second-order valence-electron chi connectivity index (χ2n) is 11.3. The summed E-state index contributed by atoms with van der Waals surface area (Å²) in [5, 5.41) is 15.5. The molecule has 0 bridgehead atoms. The molecule has 3 unspecified atom stereocenters. The van der Waals surface area contributed by atoms with Gasteiger partial charge in [-0.15, -0.1) is 11.3 Å². The Morgan fingerprint density at radius 3 is 2.56 bits per heavy atom. The molecule has 236 valence electrons. The van der Waals surface area contributed by atoms with Gasteiger partial charge in [0.05, 0.1) is 27.2 Å². The van der Waals surface area contributed by atoms with Crippen LogP contribution in [0.3, 0.4) is 0 Å². The van der Waals surface area contributed by atoms with E-state index in [1.807, 2.05) is 34.6 Å². The molecule has 5 rings (SSSR count). The second-order valence-corrected chi connectivity index (χ2v) is 13.4. The number of hydrogen-bond donors (Lipinski definition) is 4. The van der Waals surface area contributed by atoms with Crippen LogP contribution in [0.4, 0.5) is 28.0 Å². The summed E-state index contributed by atoms with van der Waals surface area (Å²) < 4.78 is 65.5. The number of thioether (sulfide) groups is 1. The number of thiophene rings is 1. The van der Waals surface area contributed by atoms with Gasteiger partial charge in [-0.25, -0.2) is 9.18 Å². The number of carbonyl (C=O) groups excluding carboxylic acids is 2. The molecule has 0 aliphatic carbocycles. The zero-order valence-electron chi connectivity index (χ0n) is 24.2. The predicted molar refractivity (Wildman–Crippen MR) is 157 cm³/mol. The first-order chi connectivity index (χ1) is 20.1. The van der Waals surface area contributed by atoms with Crippen LogP contribution in [0, 0.1) is 5.92 Å². The summed E-state index contributed by atoms with van der Waals surface area (Å²) >= 11 is 0.832. The third-order valence-corrected chi connectivity index (χ3v) is 8.45. The van der Waals surface area contributed by atoms with Crippen molar-refractivity contribution < 1.29 is 36.4 Å². The van der Waals surface area contributed by atoms with Crippen LogP contribution in [0.25, 0.3) is 20.8 Å². The van der Waals surface area contributed by atoms with Crippen LogP contribution in [0.1, 0.15) is 53.0 Å². The van der Waals surface area contributed by atoms with E-state index in [4.69, 9.17) is 9.26 Å². The maximum atomic E-state index is 14.3.